The highest BCUT2D eigenvalue weighted by molar-refractivity contribution is 7.82. The molecule has 84 valence electrons. The standard InChI is InChI=1S/C12H19NOS/c1-8(2)10-6-5-7-11(9(3)4)12(10)15(13)14/h5-9H,13H2,1-4H3. The second kappa shape index (κ2) is 4.90. The predicted molar refractivity (Wildman–Crippen MR) is 65.2 cm³/mol. The van der Waals surface area contributed by atoms with Crippen LogP contribution < -0.4 is 5.14 Å². The van der Waals surface area contributed by atoms with E-state index in [2.05, 4.69) is 27.7 Å². The lowest BCUT2D eigenvalue weighted by molar-refractivity contribution is 0.678. The summed E-state index contributed by atoms with van der Waals surface area (Å²) in [5.74, 6) is 0.706. The maximum absolute atomic E-state index is 11.6. The van der Waals surface area contributed by atoms with Gasteiger partial charge in [-0.05, 0) is 23.0 Å². The third kappa shape index (κ3) is 2.67. The van der Waals surface area contributed by atoms with Crippen molar-refractivity contribution >= 4 is 11.0 Å². The molecular weight excluding hydrogens is 206 g/mol. The van der Waals surface area contributed by atoms with Gasteiger partial charge in [-0.25, -0.2) is 9.35 Å². The van der Waals surface area contributed by atoms with Crippen LogP contribution in [0.25, 0.3) is 0 Å². The van der Waals surface area contributed by atoms with E-state index in [0.29, 0.717) is 11.8 Å². The van der Waals surface area contributed by atoms with Gasteiger partial charge >= 0.3 is 0 Å². The van der Waals surface area contributed by atoms with Gasteiger partial charge in [-0.2, -0.15) is 0 Å². The van der Waals surface area contributed by atoms with Crippen LogP contribution in [-0.2, 0) is 11.0 Å². The Kier molecular flexibility index (Phi) is 4.05. The summed E-state index contributed by atoms with van der Waals surface area (Å²) in [6, 6.07) is 6.04. The van der Waals surface area contributed by atoms with Crippen molar-refractivity contribution in [1.82, 2.24) is 0 Å². The van der Waals surface area contributed by atoms with Crippen molar-refractivity contribution in [3.63, 3.8) is 0 Å². The molecule has 0 aromatic heterocycles. The summed E-state index contributed by atoms with van der Waals surface area (Å²) < 4.78 is 11.6. The Bertz CT molecular complexity index is 346. The molecule has 0 spiro atoms. The van der Waals surface area contributed by atoms with Crippen molar-refractivity contribution in [2.75, 3.05) is 0 Å². The SMILES string of the molecule is CC(C)c1cccc(C(C)C)c1S(N)=O. The molecular formula is C12H19NOS. The summed E-state index contributed by atoms with van der Waals surface area (Å²) in [5, 5.41) is 5.56. The lowest BCUT2D eigenvalue weighted by atomic mass is 9.95. The van der Waals surface area contributed by atoms with Crippen molar-refractivity contribution in [2.24, 2.45) is 5.14 Å². The molecule has 15 heavy (non-hydrogen) atoms. The summed E-state index contributed by atoms with van der Waals surface area (Å²) in [6.07, 6.45) is 0. The zero-order valence-corrected chi connectivity index (χ0v) is 10.6. The Hall–Kier alpha value is -0.670. The molecule has 0 amide bonds. The molecule has 0 aliphatic heterocycles. The molecule has 0 aliphatic carbocycles. The summed E-state index contributed by atoms with van der Waals surface area (Å²) in [5.41, 5.74) is 2.20. The number of benzene rings is 1. The molecule has 1 aromatic carbocycles. The van der Waals surface area contributed by atoms with E-state index < -0.39 is 11.0 Å². The van der Waals surface area contributed by atoms with Crippen LogP contribution in [0.5, 0.6) is 0 Å². The van der Waals surface area contributed by atoms with Crippen molar-refractivity contribution < 1.29 is 4.21 Å². The second-order valence-corrected chi connectivity index (χ2v) is 5.38. The predicted octanol–water partition coefficient (Wildman–Crippen LogP) is 2.91. The average Bonchev–Trinajstić information content (AvgIpc) is 2.16. The first-order valence-corrected chi connectivity index (χ1v) is 6.45. The third-order valence-corrected chi connectivity index (χ3v) is 3.39. The van der Waals surface area contributed by atoms with Gasteiger partial charge in [0.2, 0.25) is 0 Å². The van der Waals surface area contributed by atoms with E-state index in [1.165, 1.54) is 0 Å². The van der Waals surface area contributed by atoms with E-state index in [9.17, 15) is 4.21 Å². The van der Waals surface area contributed by atoms with Gasteiger partial charge in [-0.3, -0.25) is 0 Å². The van der Waals surface area contributed by atoms with Gasteiger partial charge in [0, 0.05) is 0 Å². The lowest BCUT2D eigenvalue weighted by Crippen LogP contribution is -2.11. The van der Waals surface area contributed by atoms with Crippen molar-refractivity contribution in [2.45, 2.75) is 44.4 Å². The van der Waals surface area contributed by atoms with E-state index in [1.807, 2.05) is 18.2 Å². The van der Waals surface area contributed by atoms with Crippen LogP contribution in [0.2, 0.25) is 0 Å². The first kappa shape index (κ1) is 12.4. The smallest absolute Gasteiger partial charge is 0.122 e. The largest absolute Gasteiger partial charge is 0.248 e. The maximum atomic E-state index is 11.6. The van der Waals surface area contributed by atoms with Crippen LogP contribution in [0.4, 0.5) is 0 Å². The molecule has 2 nitrogen and oxygen atoms in total. The molecule has 0 bridgehead atoms. The highest BCUT2D eigenvalue weighted by atomic mass is 32.2. The quantitative estimate of drug-likeness (QED) is 0.844. The number of hydrogen-bond acceptors (Lipinski definition) is 1. The van der Waals surface area contributed by atoms with E-state index in [1.54, 1.807) is 0 Å². The molecule has 0 saturated heterocycles. The highest BCUT2D eigenvalue weighted by Crippen LogP contribution is 2.29. The fraction of sp³-hybridized carbons (Fsp3) is 0.500. The Morgan fingerprint density at radius 1 is 1.07 bits per heavy atom. The van der Waals surface area contributed by atoms with Gasteiger partial charge < -0.3 is 0 Å². The highest BCUT2D eigenvalue weighted by Gasteiger charge is 2.16. The minimum Gasteiger partial charge on any atom is -0.248 e. The summed E-state index contributed by atoms with van der Waals surface area (Å²) >= 11 is 0. The molecule has 1 unspecified atom stereocenters. The Morgan fingerprint density at radius 3 is 1.73 bits per heavy atom. The molecule has 0 heterocycles. The fourth-order valence-electron chi connectivity index (χ4n) is 1.72. The topological polar surface area (TPSA) is 43.1 Å². The monoisotopic (exact) mass is 225 g/mol. The van der Waals surface area contributed by atoms with Gasteiger partial charge in [0.25, 0.3) is 0 Å². The van der Waals surface area contributed by atoms with E-state index >= 15 is 0 Å². The van der Waals surface area contributed by atoms with Crippen LogP contribution in [0, 0.1) is 0 Å². The normalized spacial score (nSPS) is 13.5. The first-order valence-electron chi connectivity index (χ1n) is 5.24. The summed E-state index contributed by atoms with van der Waals surface area (Å²) in [7, 11) is -1.39. The van der Waals surface area contributed by atoms with Crippen molar-refractivity contribution in [3.8, 4) is 0 Å². The van der Waals surface area contributed by atoms with E-state index in [4.69, 9.17) is 5.14 Å². The zero-order valence-electron chi connectivity index (χ0n) is 9.78. The Morgan fingerprint density at radius 2 is 1.47 bits per heavy atom. The minimum absolute atomic E-state index is 0.353. The van der Waals surface area contributed by atoms with Gasteiger partial charge in [-0.15, -0.1) is 0 Å². The van der Waals surface area contributed by atoms with Crippen molar-refractivity contribution in [1.29, 1.82) is 0 Å². The molecule has 1 atom stereocenters. The molecule has 0 aliphatic rings. The summed E-state index contributed by atoms with van der Waals surface area (Å²) in [4.78, 5) is 0.822. The summed E-state index contributed by atoms with van der Waals surface area (Å²) in [6.45, 7) is 8.37. The maximum Gasteiger partial charge on any atom is 0.122 e. The van der Waals surface area contributed by atoms with Crippen LogP contribution in [0.15, 0.2) is 23.1 Å². The second-order valence-electron chi connectivity index (χ2n) is 4.37. The molecule has 0 fully saturated rings. The van der Waals surface area contributed by atoms with Crippen LogP contribution in [0.3, 0.4) is 0 Å². The number of rotatable bonds is 3. The molecule has 2 N–H and O–H groups in total. The number of hydrogen-bond donors (Lipinski definition) is 1. The van der Waals surface area contributed by atoms with Gasteiger partial charge in [0.05, 0.1) is 4.90 Å². The average molecular weight is 225 g/mol. The molecule has 1 aromatic rings. The number of nitrogens with two attached hydrogens (primary N) is 1. The third-order valence-electron chi connectivity index (χ3n) is 2.52. The Balaban J connectivity index is 3.42. The molecule has 0 saturated carbocycles. The van der Waals surface area contributed by atoms with Crippen LogP contribution in [-0.4, -0.2) is 4.21 Å². The van der Waals surface area contributed by atoms with E-state index in [0.717, 1.165) is 16.0 Å². The van der Waals surface area contributed by atoms with Gasteiger partial charge in [0.1, 0.15) is 11.0 Å². The lowest BCUT2D eigenvalue weighted by Gasteiger charge is -2.17. The fourth-order valence-corrected chi connectivity index (χ4v) is 2.79. The first-order chi connectivity index (χ1) is 6.95. The van der Waals surface area contributed by atoms with Gasteiger partial charge in [0.15, 0.2) is 0 Å². The molecule has 3 heteroatoms. The Labute approximate surface area is 94.5 Å². The molecule has 0 radical (unpaired) electrons. The minimum atomic E-state index is -1.39. The van der Waals surface area contributed by atoms with Gasteiger partial charge in [-0.1, -0.05) is 45.9 Å². The van der Waals surface area contributed by atoms with Crippen molar-refractivity contribution in [3.05, 3.63) is 29.3 Å². The van der Waals surface area contributed by atoms with E-state index in [-0.39, 0.29) is 0 Å². The van der Waals surface area contributed by atoms with Crippen LogP contribution in [0.1, 0.15) is 50.7 Å². The zero-order chi connectivity index (χ0) is 11.6. The molecule has 1 rings (SSSR count). The van der Waals surface area contributed by atoms with Crippen LogP contribution >= 0.6 is 0 Å².